The number of carbonyl (C=O) groups is 1. The molecule has 0 aromatic heterocycles. The van der Waals surface area contributed by atoms with Gasteiger partial charge >= 0.3 is 0 Å². The zero-order valence-electron chi connectivity index (χ0n) is 16.5. The Bertz CT molecular complexity index is 1190. The molecular formula is C23H19Cl2NO4S. The number of hydrogen-bond donors (Lipinski definition) is 0. The van der Waals surface area contributed by atoms with E-state index in [9.17, 15) is 13.2 Å². The molecule has 0 fully saturated rings. The Morgan fingerprint density at radius 1 is 0.968 bits per heavy atom. The van der Waals surface area contributed by atoms with Gasteiger partial charge in [-0.25, -0.2) is 8.42 Å². The van der Waals surface area contributed by atoms with Crippen LogP contribution in [0.25, 0.3) is 6.08 Å². The lowest BCUT2D eigenvalue weighted by Crippen LogP contribution is -2.35. The molecular weight excluding hydrogens is 457 g/mol. The maximum absolute atomic E-state index is 13.3. The summed E-state index contributed by atoms with van der Waals surface area (Å²) in [4.78, 5) is 13.1. The third-order valence-electron chi connectivity index (χ3n) is 4.23. The summed E-state index contributed by atoms with van der Waals surface area (Å²) in [6, 6.07) is 18.9. The molecule has 0 aliphatic carbocycles. The normalized spacial score (nSPS) is 11.5. The van der Waals surface area contributed by atoms with Gasteiger partial charge in [-0.3, -0.25) is 4.79 Å². The van der Waals surface area contributed by atoms with Crippen LogP contribution in [0.5, 0.6) is 5.75 Å². The third-order valence-corrected chi connectivity index (χ3v) is 6.70. The summed E-state index contributed by atoms with van der Waals surface area (Å²) < 4.78 is 32.8. The van der Waals surface area contributed by atoms with E-state index in [4.69, 9.17) is 27.9 Å². The quantitative estimate of drug-likeness (QED) is 0.403. The summed E-state index contributed by atoms with van der Waals surface area (Å²) in [7, 11) is -4.15. The Kier molecular flexibility index (Phi) is 7.38. The fourth-order valence-corrected chi connectivity index (χ4v) is 4.49. The van der Waals surface area contributed by atoms with E-state index in [1.807, 2.05) is 6.92 Å². The lowest BCUT2D eigenvalue weighted by molar-refractivity contribution is -0.113. The first-order valence-corrected chi connectivity index (χ1v) is 11.5. The zero-order chi connectivity index (χ0) is 22.4. The number of rotatable bonds is 7. The molecule has 3 aromatic rings. The van der Waals surface area contributed by atoms with Crippen LogP contribution >= 0.6 is 23.2 Å². The molecule has 0 aliphatic rings. The number of hydrogen-bond acceptors (Lipinski definition) is 4. The summed E-state index contributed by atoms with van der Waals surface area (Å²) in [5, 5.41) is 0.712. The maximum Gasteiger partial charge on any atom is 0.271 e. The first-order valence-electron chi connectivity index (χ1n) is 9.33. The van der Waals surface area contributed by atoms with Gasteiger partial charge in [0.2, 0.25) is 0 Å². The van der Waals surface area contributed by atoms with Gasteiger partial charge < -0.3 is 4.74 Å². The van der Waals surface area contributed by atoms with Crippen molar-refractivity contribution in [3.63, 3.8) is 0 Å². The van der Waals surface area contributed by atoms with Gasteiger partial charge in [-0.15, -0.1) is 0 Å². The second-order valence-corrected chi connectivity index (χ2v) is 8.96. The molecule has 0 atom stereocenters. The average Bonchev–Trinajstić information content (AvgIpc) is 2.76. The number of benzene rings is 3. The van der Waals surface area contributed by atoms with Crippen LogP contribution in [0.3, 0.4) is 0 Å². The second-order valence-electron chi connectivity index (χ2n) is 6.35. The van der Waals surface area contributed by atoms with E-state index in [1.165, 1.54) is 36.4 Å². The Morgan fingerprint density at radius 3 is 2.26 bits per heavy atom. The van der Waals surface area contributed by atoms with Crippen LogP contribution in [0.15, 0.2) is 83.8 Å². The van der Waals surface area contributed by atoms with Gasteiger partial charge in [0.15, 0.2) is 0 Å². The first-order chi connectivity index (χ1) is 14.8. The van der Waals surface area contributed by atoms with E-state index < -0.39 is 15.9 Å². The summed E-state index contributed by atoms with van der Waals surface area (Å²) in [5.41, 5.74) is 0.794. The van der Waals surface area contributed by atoms with Crippen molar-refractivity contribution in [1.82, 2.24) is 0 Å². The molecule has 0 saturated heterocycles. The highest BCUT2D eigenvalue weighted by molar-refractivity contribution is 7.93. The molecule has 3 aromatic carbocycles. The molecule has 0 unspecified atom stereocenters. The molecule has 5 nitrogen and oxygen atoms in total. The van der Waals surface area contributed by atoms with Crippen LogP contribution in [-0.2, 0) is 14.8 Å². The number of sulfonamides is 1. The van der Waals surface area contributed by atoms with Gasteiger partial charge in [-0.1, -0.05) is 47.5 Å². The smallest absolute Gasteiger partial charge is 0.271 e. The lowest BCUT2D eigenvalue weighted by Gasteiger charge is -2.21. The number of nitrogens with zero attached hydrogens (tertiary/aromatic N) is 1. The fraction of sp³-hybridized carbons (Fsp3) is 0.0870. The van der Waals surface area contributed by atoms with Gasteiger partial charge in [-0.2, -0.15) is 4.31 Å². The van der Waals surface area contributed by atoms with Crippen molar-refractivity contribution >= 4 is 50.9 Å². The minimum atomic E-state index is -4.15. The predicted molar refractivity (Wildman–Crippen MR) is 124 cm³/mol. The minimum Gasteiger partial charge on any atom is -0.494 e. The monoisotopic (exact) mass is 475 g/mol. The Morgan fingerprint density at radius 2 is 1.65 bits per heavy atom. The van der Waals surface area contributed by atoms with Gasteiger partial charge in [0.1, 0.15) is 5.75 Å². The molecule has 3 rings (SSSR count). The van der Waals surface area contributed by atoms with Crippen LogP contribution in [0, 0.1) is 0 Å². The van der Waals surface area contributed by atoms with Crippen molar-refractivity contribution in [3.8, 4) is 5.75 Å². The van der Waals surface area contributed by atoms with Crippen molar-refractivity contribution in [2.75, 3.05) is 10.9 Å². The fourth-order valence-electron chi connectivity index (χ4n) is 2.78. The number of carbonyl (C=O) groups excluding carboxylic acids is 1. The molecule has 0 saturated carbocycles. The lowest BCUT2D eigenvalue weighted by atomic mass is 10.2. The number of amides is 1. The highest BCUT2D eigenvalue weighted by Crippen LogP contribution is 2.27. The topological polar surface area (TPSA) is 63.7 Å². The molecule has 31 heavy (non-hydrogen) atoms. The van der Waals surface area contributed by atoms with Crippen LogP contribution < -0.4 is 9.04 Å². The van der Waals surface area contributed by atoms with Crippen molar-refractivity contribution < 1.29 is 17.9 Å². The average molecular weight is 476 g/mol. The highest BCUT2D eigenvalue weighted by Gasteiger charge is 2.29. The molecule has 8 heteroatoms. The van der Waals surface area contributed by atoms with Crippen molar-refractivity contribution in [2.24, 2.45) is 0 Å². The van der Waals surface area contributed by atoms with Crippen LogP contribution in [0.2, 0.25) is 10.0 Å². The van der Waals surface area contributed by atoms with Gasteiger partial charge in [0, 0.05) is 6.08 Å². The van der Waals surface area contributed by atoms with Gasteiger partial charge in [0.05, 0.1) is 27.2 Å². The van der Waals surface area contributed by atoms with E-state index in [1.54, 1.807) is 48.5 Å². The van der Waals surface area contributed by atoms with E-state index in [0.29, 0.717) is 28.0 Å². The minimum absolute atomic E-state index is 0.000159. The van der Waals surface area contributed by atoms with Crippen molar-refractivity contribution in [1.29, 1.82) is 0 Å². The third kappa shape index (κ3) is 5.47. The predicted octanol–water partition coefficient (Wildman–Crippen LogP) is 5.83. The highest BCUT2D eigenvalue weighted by atomic mass is 35.5. The Hall–Kier alpha value is -2.80. The molecule has 160 valence electrons. The maximum atomic E-state index is 13.3. The van der Waals surface area contributed by atoms with Gasteiger partial charge in [0.25, 0.3) is 15.9 Å². The molecule has 0 spiro atoms. The Balaban J connectivity index is 2.01. The molecule has 0 N–H and O–H groups in total. The Labute approximate surface area is 191 Å². The van der Waals surface area contributed by atoms with Crippen molar-refractivity contribution in [3.05, 3.63) is 94.5 Å². The second kappa shape index (κ2) is 10.0. The summed E-state index contributed by atoms with van der Waals surface area (Å²) >= 11 is 11.9. The summed E-state index contributed by atoms with van der Waals surface area (Å²) in [5.74, 6) is -0.166. The van der Waals surface area contributed by atoms with E-state index >= 15 is 0 Å². The molecule has 0 heterocycles. The standard InChI is InChI=1S/C23H19Cl2NO4S/c1-2-30-19-12-10-18(11-13-19)26(31(28,29)20-6-4-3-5-7-20)23(27)15-9-17-8-14-21(24)22(25)16-17/h3-16H,2H2,1H3/b15-9+. The van der Waals surface area contributed by atoms with E-state index in [-0.39, 0.29) is 10.6 Å². The van der Waals surface area contributed by atoms with E-state index in [0.717, 1.165) is 4.31 Å². The largest absolute Gasteiger partial charge is 0.494 e. The number of halogens is 2. The molecule has 0 aliphatic heterocycles. The van der Waals surface area contributed by atoms with Crippen LogP contribution in [-0.4, -0.2) is 20.9 Å². The summed E-state index contributed by atoms with van der Waals surface area (Å²) in [6.07, 6.45) is 2.66. The van der Waals surface area contributed by atoms with Crippen LogP contribution in [0.4, 0.5) is 5.69 Å². The van der Waals surface area contributed by atoms with Gasteiger partial charge in [-0.05, 0) is 67.1 Å². The molecule has 1 amide bonds. The van der Waals surface area contributed by atoms with E-state index in [2.05, 4.69) is 0 Å². The molecule has 0 bridgehead atoms. The summed E-state index contributed by atoms with van der Waals surface area (Å²) in [6.45, 7) is 2.31. The zero-order valence-corrected chi connectivity index (χ0v) is 18.9. The number of anilines is 1. The SMILES string of the molecule is CCOc1ccc(N(C(=O)/C=C/c2ccc(Cl)c(Cl)c2)S(=O)(=O)c2ccccc2)cc1. The van der Waals surface area contributed by atoms with Crippen LogP contribution in [0.1, 0.15) is 12.5 Å². The molecule has 0 radical (unpaired) electrons. The van der Waals surface area contributed by atoms with Crippen molar-refractivity contribution in [2.45, 2.75) is 11.8 Å². The first kappa shape index (κ1) is 22.9. The number of ether oxygens (including phenoxy) is 1.